The van der Waals surface area contributed by atoms with Crippen LogP contribution in [-0.4, -0.2) is 56.1 Å². The average Bonchev–Trinajstić information content (AvgIpc) is 2.74. The van der Waals surface area contributed by atoms with E-state index in [4.69, 9.17) is 9.47 Å². The van der Waals surface area contributed by atoms with Gasteiger partial charge in [0.2, 0.25) is 0 Å². The molecule has 0 aliphatic carbocycles. The Morgan fingerprint density at radius 1 is 1.00 bits per heavy atom. The van der Waals surface area contributed by atoms with Crippen molar-refractivity contribution in [1.82, 2.24) is 9.80 Å². The van der Waals surface area contributed by atoms with Crippen molar-refractivity contribution in [3.05, 3.63) is 59.7 Å². The molecule has 2 aromatic rings. The molecule has 0 radical (unpaired) electrons. The number of piperazine rings is 1. The number of hydrogen-bond donors (Lipinski definition) is 0. The van der Waals surface area contributed by atoms with Gasteiger partial charge in [-0.05, 0) is 29.8 Å². The van der Waals surface area contributed by atoms with Crippen molar-refractivity contribution in [2.24, 2.45) is 0 Å². The Morgan fingerprint density at radius 2 is 1.67 bits per heavy atom. The Kier molecular flexibility index (Phi) is 5.94. The number of hydrogen-bond acceptors (Lipinski definition) is 5. The average molecular weight is 365 g/mol. The van der Waals surface area contributed by atoms with Gasteiger partial charge in [-0.2, -0.15) is 5.26 Å². The molecule has 0 aromatic heterocycles. The fourth-order valence-electron chi connectivity index (χ4n) is 3.33. The number of nitrogens with zero attached hydrogens (tertiary/aromatic N) is 3. The lowest BCUT2D eigenvalue weighted by Gasteiger charge is -2.37. The normalized spacial score (nSPS) is 15.7. The summed E-state index contributed by atoms with van der Waals surface area (Å²) in [4.78, 5) is 16.7. The first-order valence-corrected chi connectivity index (χ1v) is 8.88. The lowest BCUT2D eigenvalue weighted by molar-refractivity contribution is 0.0603. The topological polar surface area (TPSA) is 65.8 Å². The van der Waals surface area contributed by atoms with Crippen LogP contribution in [0.5, 0.6) is 11.5 Å². The standard InChI is InChI=1S/C21H23N3O3/c1-26-17-9-7-16(8-10-17)19(15-22)23-11-13-24(14-12-23)21(25)18-5-3-4-6-20(18)27-2/h3-10,19H,11-14H2,1-2H3. The highest BCUT2D eigenvalue weighted by molar-refractivity contribution is 5.97. The quantitative estimate of drug-likeness (QED) is 0.815. The minimum Gasteiger partial charge on any atom is -0.497 e. The zero-order valence-electron chi connectivity index (χ0n) is 15.6. The second-order valence-corrected chi connectivity index (χ2v) is 6.33. The summed E-state index contributed by atoms with van der Waals surface area (Å²) in [5, 5.41) is 9.66. The van der Waals surface area contributed by atoms with E-state index in [9.17, 15) is 10.1 Å². The van der Waals surface area contributed by atoms with Crippen LogP contribution >= 0.6 is 0 Å². The van der Waals surface area contributed by atoms with E-state index in [1.165, 1.54) is 0 Å². The van der Waals surface area contributed by atoms with Crippen LogP contribution in [0.4, 0.5) is 0 Å². The second-order valence-electron chi connectivity index (χ2n) is 6.33. The van der Waals surface area contributed by atoms with Crippen molar-refractivity contribution < 1.29 is 14.3 Å². The lowest BCUT2D eigenvalue weighted by Crippen LogP contribution is -2.49. The Morgan fingerprint density at radius 3 is 2.26 bits per heavy atom. The summed E-state index contributed by atoms with van der Waals surface area (Å²) in [7, 11) is 3.19. The van der Waals surface area contributed by atoms with E-state index >= 15 is 0 Å². The number of carbonyl (C=O) groups is 1. The summed E-state index contributed by atoms with van der Waals surface area (Å²) >= 11 is 0. The molecule has 1 aliphatic heterocycles. The molecular formula is C21H23N3O3. The summed E-state index contributed by atoms with van der Waals surface area (Å²) < 4.78 is 10.5. The SMILES string of the molecule is COc1ccc(C(C#N)N2CCN(C(=O)c3ccccc3OC)CC2)cc1. The summed E-state index contributed by atoms with van der Waals surface area (Å²) in [6.45, 7) is 2.44. The first-order chi connectivity index (χ1) is 13.2. The number of rotatable bonds is 5. The Balaban J connectivity index is 1.66. The van der Waals surface area contributed by atoms with Crippen LogP contribution in [0.3, 0.4) is 0 Å². The van der Waals surface area contributed by atoms with Gasteiger partial charge in [0.15, 0.2) is 0 Å². The summed E-state index contributed by atoms with van der Waals surface area (Å²) in [6, 6.07) is 16.9. The number of benzene rings is 2. The predicted molar refractivity (Wildman–Crippen MR) is 102 cm³/mol. The van der Waals surface area contributed by atoms with Crippen LogP contribution < -0.4 is 9.47 Å². The van der Waals surface area contributed by atoms with Crippen molar-refractivity contribution in [2.75, 3.05) is 40.4 Å². The molecule has 1 unspecified atom stereocenters. The Hall–Kier alpha value is -3.04. The highest BCUT2D eigenvalue weighted by Crippen LogP contribution is 2.25. The van der Waals surface area contributed by atoms with E-state index in [0.29, 0.717) is 37.5 Å². The van der Waals surface area contributed by atoms with Crippen molar-refractivity contribution in [3.8, 4) is 17.6 Å². The van der Waals surface area contributed by atoms with Crippen molar-refractivity contribution in [3.63, 3.8) is 0 Å². The smallest absolute Gasteiger partial charge is 0.257 e. The van der Waals surface area contributed by atoms with Gasteiger partial charge in [-0.25, -0.2) is 0 Å². The van der Waals surface area contributed by atoms with Crippen molar-refractivity contribution >= 4 is 5.91 Å². The molecule has 27 heavy (non-hydrogen) atoms. The van der Waals surface area contributed by atoms with Crippen LogP contribution in [-0.2, 0) is 0 Å². The summed E-state index contributed by atoms with van der Waals surface area (Å²) in [6.07, 6.45) is 0. The summed E-state index contributed by atoms with van der Waals surface area (Å²) in [5.74, 6) is 1.31. The molecule has 1 atom stereocenters. The zero-order valence-corrected chi connectivity index (χ0v) is 15.6. The summed E-state index contributed by atoms with van der Waals surface area (Å²) in [5.41, 5.74) is 1.50. The monoisotopic (exact) mass is 365 g/mol. The number of carbonyl (C=O) groups excluding carboxylic acids is 1. The number of para-hydroxylation sites is 1. The molecule has 6 nitrogen and oxygen atoms in total. The van der Waals surface area contributed by atoms with Crippen molar-refractivity contribution in [2.45, 2.75) is 6.04 Å². The van der Waals surface area contributed by atoms with Gasteiger partial charge in [-0.15, -0.1) is 0 Å². The first-order valence-electron chi connectivity index (χ1n) is 8.88. The minimum absolute atomic E-state index is 0.0370. The maximum absolute atomic E-state index is 12.8. The molecule has 1 aliphatic rings. The Labute approximate surface area is 159 Å². The van der Waals surface area contributed by atoms with Gasteiger partial charge >= 0.3 is 0 Å². The molecule has 1 saturated heterocycles. The first kappa shape index (κ1) is 18.7. The molecule has 0 N–H and O–H groups in total. The fraction of sp³-hybridized carbons (Fsp3) is 0.333. The van der Waals surface area contributed by atoms with Gasteiger partial charge in [0.1, 0.15) is 17.5 Å². The largest absolute Gasteiger partial charge is 0.497 e. The number of methoxy groups -OCH3 is 2. The molecule has 1 fully saturated rings. The maximum Gasteiger partial charge on any atom is 0.257 e. The van der Waals surface area contributed by atoms with Crippen LogP contribution in [0.25, 0.3) is 0 Å². The number of nitriles is 1. The molecule has 1 heterocycles. The lowest BCUT2D eigenvalue weighted by atomic mass is 10.0. The van der Waals surface area contributed by atoms with E-state index in [0.717, 1.165) is 11.3 Å². The van der Waals surface area contributed by atoms with Gasteiger partial charge in [0.25, 0.3) is 5.91 Å². The molecule has 6 heteroatoms. The van der Waals surface area contributed by atoms with Crippen LogP contribution in [0.2, 0.25) is 0 Å². The van der Waals surface area contributed by atoms with Gasteiger partial charge in [0, 0.05) is 26.2 Å². The van der Waals surface area contributed by atoms with E-state index in [1.807, 2.05) is 41.3 Å². The third-order valence-corrected chi connectivity index (χ3v) is 4.86. The van der Waals surface area contributed by atoms with Gasteiger partial charge in [0.05, 0.1) is 25.9 Å². The molecule has 2 aromatic carbocycles. The third-order valence-electron chi connectivity index (χ3n) is 4.86. The molecule has 0 bridgehead atoms. The van der Waals surface area contributed by atoms with Crippen LogP contribution in [0.15, 0.2) is 48.5 Å². The molecule has 0 spiro atoms. The highest BCUT2D eigenvalue weighted by Gasteiger charge is 2.28. The molecule has 1 amide bonds. The van der Waals surface area contributed by atoms with Gasteiger partial charge in [-0.3, -0.25) is 9.69 Å². The second kappa shape index (κ2) is 8.56. The van der Waals surface area contributed by atoms with E-state index in [1.54, 1.807) is 26.4 Å². The van der Waals surface area contributed by atoms with E-state index < -0.39 is 0 Å². The number of amides is 1. The Bertz CT molecular complexity index is 821. The molecule has 140 valence electrons. The van der Waals surface area contributed by atoms with E-state index in [2.05, 4.69) is 11.0 Å². The van der Waals surface area contributed by atoms with Gasteiger partial charge < -0.3 is 14.4 Å². The molecular weight excluding hydrogens is 342 g/mol. The molecule has 3 rings (SSSR count). The van der Waals surface area contributed by atoms with Crippen LogP contribution in [0, 0.1) is 11.3 Å². The van der Waals surface area contributed by atoms with Crippen molar-refractivity contribution in [1.29, 1.82) is 5.26 Å². The number of ether oxygens (including phenoxy) is 2. The highest BCUT2D eigenvalue weighted by atomic mass is 16.5. The van der Waals surface area contributed by atoms with E-state index in [-0.39, 0.29) is 11.9 Å². The zero-order chi connectivity index (χ0) is 19.2. The fourth-order valence-corrected chi connectivity index (χ4v) is 3.33. The minimum atomic E-state index is -0.334. The predicted octanol–water partition coefficient (Wildman–Crippen LogP) is 2.73. The van der Waals surface area contributed by atoms with Crippen LogP contribution in [0.1, 0.15) is 22.0 Å². The molecule has 0 saturated carbocycles. The van der Waals surface area contributed by atoms with Gasteiger partial charge in [-0.1, -0.05) is 24.3 Å². The maximum atomic E-state index is 12.8. The third kappa shape index (κ3) is 4.04.